The topological polar surface area (TPSA) is 55.1 Å². The molecule has 19 heavy (non-hydrogen) atoms. The molecule has 0 saturated carbocycles. The molecule has 0 heterocycles. The van der Waals surface area contributed by atoms with Crippen molar-refractivity contribution in [1.82, 2.24) is 0 Å². The monoisotopic (exact) mass is 258 g/mol. The summed E-state index contributed by atoms with van der Waals surface area (Å²) >= 11 is 0. The number of benzene rings is 2. The van der Waals surface area contributed by atoms with Gasteiger partial charge in [0.15, 0.2) is 0 Å². The number of anilines is 1. The lowest BCUT2D eigenvalue weighted by atomic mass is 10.0. The SMILES string of the molecule is Cc1ccc(C(Nc2cccc(F)c2)C(N)=O)cc1. The van der Waals surface area contributed by atoms with E-state index >= 15 is 0 Å². The van der Waals surface area contributed by atoms with Gasteiger partial charge in [0.05, 0.1) is 0 Å². The molecule has 0 aliphatic carbocycles. The predicted octanol–water partition coefficient (Wildman–Crippen LogP) is 2.77. The molecule has 1 atom stereocenters. The lowest BCUT2D eigenvalue weighted by Crippen LogP contribution is -2.27. The summed E-state index contributed by atoms with van der Waals surface area (Å²) in [6.45, 7) is 1.96. The Morgan fingerprint density at radius 1 is 1.21 bits per heavy atom. The molecule has 1 amide bonds. The van der Waals surface area contributed by atoms with E-state index in [0.29, 0.717) is 5.69 Å². The van der Waals surface area contributed by atoms with Crippen LogP contribution in [0, 0.1) is 12.7 Å². The van der Waals surface area contributed by atoms with E-state index in [-0.39, 0.29) is 5.82 Å². The zero-order valence-electron chi connectivity index (χ0n) is 10.6. The smallest absolute Gasteiger partial charge is 0.244 e. The molecule has 2 aromatic rings. The second kappa shape index (κ2) is 5.52. The zero-order chi connectivity index (χ0) is 13.8. The third-order valence-corrected chi connectivity index (χ3v) is 2.83. The fraction of sp³-hybridized carbons (Fsp3) is 0.133. The van der Waals surface area contributed by atoms with Crippen LogP contribution in [-0.4, -0.2) is 5.91 Å². The molecule has 0 radical (unpaired) electrons. The van der Waals surface area contributed by atoms with Gasteiger partial charge in [0.1, 0.15) is 11.9 Å². The van der Waals surface area contributed by atoms with Crippen molar-refractivity contribution in [2.24, 2.45) is 5.73 Å². The lowest BCUT2D eigenvalue weighted by molar-refractivity contribution is -0.118. The van der Waals surface area contributed by atoms with Crippen LogP contribution in [0.2, 0.25) is 0 Å². The number of nitrogens with two attached hydrogens (primary N) is 1. The first kappa shape index (κ1) is 13.1. The molecule has 98 valence electrons. The highest BCUT2D eigenvalue weighted by molar-refractivity contribution is 5.84. The van der Waals surface area contributed by atoms with Gasteiger partial charge in [-0.15, -0.1) is 0 Å². The van der Waals surface area contributed by atoms with E-state index in [2.05, 4.69) is 5.32 Å². The molecule has 1 unspecified atom stereocenters. The van der Waals surface area contributed by atoms with Gasteiger partial charge in [0.25, 0.3) is 0 Å². The molecule has 0 aliphatic rings. The molecule has 3 nitrogen and oxygen atoms in total. The minimum absolute atomic E-state index is 0.364. The van der Waals surface area contributed by atoms with Gasteiger partial charge in [-0.2, -0.15) is 0 Å². The minimum Gasteiger partial charge on any atom is -0.370 e. The number of carbonyl (C=O) groups is 1. The Labute approximate surface area is 111 Å². The predicted molar refractivity (Wildman–Crippen MR) is 73.1 cm³/mol. The molecular formula is C15H15FN2O. The summed E-state index contributed by atoms with van der Waals surface area (Å²) in [5.74, 6) is -0.870. The van der Waals surface area contributed by atoms with Gasteiger partial charge >= 0.3 is 0 Å². The van der Waals surface area contributed by atoms with Crippen LogP contribution in [0.5, 0.6) is 0 Å². The summed E-state index contributed by atoms with van der Waals surface area (Å²) in [6, 6.07) is 12.7. The fourth-order valence-electron chi connectivity index (χ4n) is 1.82. The van der Waals surface area contributed by atoms with Crippen molar-refractivity contribution in [2.75, 3.05) is 5.32 Å². The first-order valence-corrected chi connectivity index (χ1v) is 5.94. The van der Waals surface area contributed by atoms with Gasteiger partial charge in [0, 0.05) is 5.69 Å². The summed E-state index contributed by atoms with van der Waals surface area (Å²) in [5.41, 5.74) is 7.76. The number of nitrogens with one attached hydrogen (secondary N) is 1. The Balaban J connectivity index is 2.26. The maximum Gasteiger partial charge on any atom is 0.244 e. The third kappa shape index (κ3) is 3.31. The Hall–Kier alpha value is -2.36. The van der Waals surface area contributed by atoms with Crippen LogP contribution < -0.4 is 11.1 Å². The number of hydrogen-bond acceptors (Lipinski definition) is 2. The molecular weight excluding hydrogens is 243 g/mol. The van der Waals surface area contributed by atoms with E-state index in [1.165, 1.54) is 12.1 Å². The highest BCUT2D eigenvalue weighted by Gasteiger charge is 2.17. The lowest BCUT2D eigenvalue weighted by Gasteiger charge is -2.17. The van der Waals surface area contributed by atoms with Crippen molar-refractivity contribution >= 4 is 11.6 Å². The van der Waals surface area contributed by atoms with Crippen LogP contribution in [0.15, 0.2) is 48.5 Å². The van der Waals surface area contributed by atoms with Crippen LogP contribution in [0.3, 0.4) is 0 Å². The van der Waals surface area contributed by atoms with E-state index in [1.54, 1.807) is 12.1 Å². The quantitative estimate of drug-likeness (QED) is 0.886. The highest BCUT2D eigenvalue weighted by atomic mass is 19.1. The van der Waals surface area contributed by atoms with Gasteiger partial charge in [-0.05, 0) is 30.7 Å². The van der Waals surface area contributed by atoms with Crippen molar-refractivity contribution in [2.45, 2.75) is 13.0 Å². The molecule has 0 bridgehead atoms. The number of amides is 1. The number of aryl methyl sites for hydroxylation is 1. The van der Waals surface area contributed by atoms with Crippen LogP contribution in [0.4, 0.5) is 10.1 Å². The first-order valence-electron chi connectivity index (χ1n) is 5.94. The summed E-state index contributed by atoms with van der Waals surface area (Å²) in [4.78, 5) is 11.5. The summed E-state index contributed by atoms with van der Waals surface area (Å²) < 4.78 is 13.1. The summed E-state index contributed by atoms with van der Waals surface area (Å²) in [7, 11) is 0. The summed E-state index contributed by atoms with van der Waals surface area (Å²) in [6.07, 6.45) is 0. The molecule has 0 fully saturated rings. The standard InChI is InChI=1S/C15H15FN2O/c1-10-5-7-11(8-6-10)14(15(17)19)18-13-4-2-3-12(16)9-13/h2-9,14,18H,1H3,(H2,17,19). The number of hydrogen-bond donors (Lipinski definition) is 2. The van der Waals surface area contributed by atoms with E-state index in [0.717, 1.165) is 11.1 Å². The molecule has 0 spiro atoms. The number of rotatable bonds is 4. The van der Waals surface area contributed by atoms with Crippen LogP contribution in [0.1, 0.15) is 17.2 Å². The van der Waals surface area contributed by atoms with Gasteiger partial charge < -0.3 is 11.1 Å². The van der Waals surface area contributed by atoms with E-state index in [4.69, 9.17) is 5.73 Å². The number of halogens is 1. The Morgan fingerprint density at radius 2 is 1.89 bits per heavy atom. The van der Waals surface area contributed by atoms with Crippen LogP contribution in [0.25, 0.3) is 0 Å². The van der Waals surface area contributed by atoms with Gasteiger partial charge in [-0.1, -0.05) is 35.9 Å². The van der Waals surface area contributed by atoms with Gasteiger partial charge in [0.2, 0.25) is 5.91 Å². The van der Waals surface area contributed by atoms with Crippen molar-refractivity contribution < 1.29 is 9.18 Å². The molecule has 3 N–H and O–H groups in total. The molecule has 0 aliphatic heterocycles. The van der Waals surface area contributed by atoms with Crippen LogP contribution in [-0.2, 0) is 4.79 Å². The normalized spacial score (nSPS) is 11.9. The maximum absolute atomic E-state index is 13.1. The van der Waals surface area contributed by atoms with Crippen molar-refractivity contribution in [3.8, 4) is 0 Å². The van der Waals surface area contributed by atoms with Crippen molar-refractivity contribution in [1.29, 1.82) is 0 Å². The molecule has 2 rings (SSSR count). The van der Waals surface area contributed by atoms with Crippen molar-refractivity contribution in [3.05, 3.63) is 65.5 Å². The highest BCUT2D eigenvalue weighted by Crippen LogP contribution is 2.20. The minimum atomic E-state index is -0.678. The van der Waals surface area contributed by atoms with Crippen molar-refractivity contribution in [3.63, 3.8) is 0 Å². The van der Waals surface area contributed by atoms with E-state index in [1.807, 2.05) is 31.2 Å². The second-order valence-electron chi connectivity index (χ2n) is 4.40. The van der Waals surface area contributed by atoms with Gasteiger partial charge in [-0.25, -0.2) is 4.39 Å². The number of carbonyl (C=O) groups excluding carboxylic acids is 1. The average molecular weight is 258 g/mol. The second-order valence-corrected chi connectivity index (χ2v) is 4.40. The molecule has 0 saturated heterocycles. The molecule has 4 heteroatoms. The maximum atomic E-state index is 13.1. The Bertz CT molecular complexity index is 581. The van der Waals surface area contributed by atoms with E-state index in [9.17, 15) is 9.18 Å². The molecule has 2 aromatic carbocycles. The summed E-state index contributed by atoms with van der Waals surface area (Å²) in [5, 5.41) is 2.94. The largest absolute Gasteiger partial charge is 0.370 e. The Morgan fingerprint density at radius 3 is 2.47 bits per heavy atom. The number of primary amides is 1. The fourth-order valence-corrected chi connectivity index (χ4v) is 1.82. The van der Waals surface area contributed by atoms with Gasteiger partial charge in [-0.3, -0.25) is 4.79 Å². The first-order chi connectivity index (χ1) is 9.06. The van der Waals surface area contributed by atoms with Crippen LogP contribution >= 0.6 is 0 Å². The zero-order valence-corrected chi connectivity index (χ0v) is 10.6. The Kier molecular flexibility index (Phi) is 3.80. The third-order valence-electron chi connectivity index (χ3n) is 2.83. The molecule has 0 aromatic heterocycles. The average Bonchev–Trinajstić information content (AvgIpc) is 2.37. The van der Waals surface area contributed by atoms with E-state index < -0.39 is 11.9 Å².